The zero-order chi connectivity index (χ0) is 8.20. The van der Waals surface area contributed by atoms with E-state index in [9.17, 15) is 0 Å². The van der Waals surface area contributed by atoms with Crippen molar-refractivity contribution in [3.05, 3.63) is 0 Å². The van der Waals surface area contributed by atoms with Crippen LogP contribution in [-0.2, 0) is 4.74 Å². The van der Waals surface area contributed by atoms with Crippen LogP contribution in [0.15, 0.2) is 0 Å². The zero-order valence-corrected chi connectivity index (χ0v) is 7.35. The molecule has 0 unspecified atom stereocenters. The Labute approximate surface area is 63.2 Å². The third-order valence-corrected chi connectivity index (χ3v) is 2.12. The quantitative estimate of drug-likeness (QED) is 0.647. The summed E-state index contributed by atoms with van der Waals surface area (Å²) in [4.78, 5) is 0. The number of aliphatic hydroxyl groups excluding tert-OH is 1. The van der Waals surface area contributed by atoms with E-state index in [-0.39, 0.29) is 12.0 Å². The third kappa shape index (κ3) is 2.67. The van der Waals surface area contributed by atoms with Gasteiger partial charge in [-0.05, 0) is 11.3 Å². The second-order valence-electron chi connectivity index (χ2n) is 3.51. The van der Waals surface area contributed by atoms with Gasteiger partial charge in [-0.2, -0.15) is 0 Å². The van der Waals surface area contributed by atoms with Gasteiger partial charge >= 0.3 is 0 Å². The highest BCUT2D eigenvalue weighted by Crippen LogP contribution is 2.25. The monoisotopic (exact) mass is 146 g/mol. The largest absolute Gasteiger partial charge is 0.396 e. The minimum Gasteiger partial charge on any atom is -0.396 e. The van der Waals surface area contributed by atoms with Gasteiger partial charge in [-0.25, -0.2) is 0 Å². The maximum absolute atomic E-state index is 8.84. The van der Waals surface area contributed by atoms with Gasteiger partial charge in [-0.3, -0.25) is 0 Å². The van der Waals surface area contributed by atoms with Gasteiger partial charge in [-0.15, -0.1) is 0 Å². The topological polar surface area (TPSA) is 29.5 Å². The summed E-state index contributed by atoms with van der Waals surface area (Å²) in [7, 11) is 1.69. The van der Waals surface area contributed by atoms with Crippen molar-refractivity contribution in [1.82, 2.24) is 0 Å². The second kappa shape index (κ2) is 3.94. The molecule has 0 aliphatic carbocycles. The van der Waals surface area contributed by atoms with Crippen molar-refractivity contribution < 1.29 is 9.84 Å². The molecule has 0 radical (unpaired) electrons. The molecule has 0 spiro atoms. The molecule has 0 amide bonds. The summed E-state index contributed by atoms with van der Waals surface area (Å²) < 4.78 is 5.02. The number of rotatable bonds is 4. The molecule has 0 fully saturated rings. The van der Waals surface area contributed by atoms with Crippen LogP contribution in [0.4, 0.5) is 0 Å². The van der Waals surface area contributed by atoms with Crippen LogP contribution in [0.5, 0.6) is 0 Å². The summed E-state index contributed by atoms with van der Waals surface area (Å²) in [6.45, 7) is 7.15. The number of ether oxygens (including phenoxy) is 1. The molecule has 0 bridgehead atoms. The predicted molar refractivity (Wildman–Crippen MR) is 41.9 cm³/mol. The van der Waals surface area contributed by atoms with Gasteiger partial charge in [-0.1, -0.05) is 20.8 Å². The Kier molecular flexibility index (Phi) is 3.91. The first-order chi connectivity index (χ1) is 4.54. The van der Waals surface area contributed by atoms with E-state index in [4.69, 9.17) is 9.84 Å². The fourth-order valence-electron chi connectivity index (χ4n) is 0.761. The first-order valence-electron chi connectivity index (χ1n) is 3.64. The minimum atomic E-state index is 0.0868. The summed E-state index contributed by atoms with van der Waals surface area (Å²) in [5, 5.41) is 8.84. The molecule has 1 N–H and O–H groups in total. The van der Waals surface area contributed by atoms with Gasteiger partial charge in [0.15, 0.2) is 0 Å². The molecule has 0 rings (SSSR count). The van der Waals surface area contributed by atoms with E-state index in [1.807, 2.05) is 6.92 Å². The maximum Gasteiger partial charge on any atom is 0.0516 e. The van der Waals surface area contributed by atoms with Crippen LogP contribution < -0.4 is 0 Å². The average Bonchev–Trinajstić information content (AvgIpc) is 1.86. The van der Waals surface area contributed by atoms with Crippen molar-refractivity contribution in [3.8, 4) is 0 Å². The molecule has 0 aromatic rings. The molecule has 0 heterocycles. The predicted octanol–water partition coefficient (Wildman–Crippen LogP) is 1.29. The van der Waals surface area contributed by atoms with Crippen LogP contribution in [0.3, 0.4) is 0 Å². The highest BCUT2D eigenvalue weighted by Gasteiger charge is 2.24. The van der Waals surface area contributed by atoms with Gasteiger partial charge in [0.05, 0.1) is 6.61 Å². The minimum absolute atomic E-state index is 0.0868. The van der Waals surface area contributed by atoms with Gasteiger partial charge in [0.1, 0.15) is 0 Å². The summed E-state index contributed by atoms with van der Waals surface area (Å²) in [5.41, 5.74) is 0.0868. The van der Waals surface area contributed by atoms with Crippen molar-refractivity contribution in [3.63, 3.8) is 0 Å². The smallest absolute Gasteiger partial charge is 0.0516 e. The van der Waals surface area contributed by atoms with Crippen LogP contribution in [0, 0.1) is 11.3 Å². The first kappa shape index (κ1) is 9.92. The van der Waals surface area contributed by atoms with Crippen molar-refractivity contribution in [2.45, 2.75) is 20.8 Å². The molecule has 2 nitrogen and oxygen atoms in total. The lowest BCUT2D eigenvalue weighted by atomic mass is 9.81. The standard InChI is InChI=1S/C8H18O2/c1-7(5-9)8(2,3)6-10-4/h7,9H,5-6H2,1-4H3/t7-/m0/s1. The number of aliphatic hydroxyl groups is 1. The molecule has 0 aromatic heterocycles. The van der Waals surface area contributed by atoms with Crippen molar-refractivity contribution in [2.24, 2.45) is 11.3 Å². The van der Waals surface area contributed by atoms with Crippen LogP contribution in [0.25, 0.3) is 0 Å². The van der Waals surface area contributed by atoms with E-state index in [1.165, 1.54) is 0 Å². The summed E-state index contributed by atoms with van der Waals surface area (Å²) in [6.07, 6.45) is 0. The van der Waals surface area contributed by atoms with Crippen LogP contribution in [0.2, 0.25) is 0 Å². The van der Waals surface area contributed by atoms with E-state index in [0.29, 0.717) is 12.5 Å². The second-order valence-corrected chi connectivity index (χ2v) is 3.51. The Balaban J connectivity index is 3.82. The van der Waals surface area contributed by atoms with Gasteiger partial charge in [0, 0.05) is 13.7 Å². The van der Waals surface area contributed by atoms with E-state index in [0.717, 1.165) is 0 Å². The number of methoxy groups -OCH3 is 1. The molecule has 0 aliphatic heterocycles. The molecule has 0 saturated heterocycles. The molecule has 1 atom stereocenters. The van der Waals surface area contributed by atoms with Crippen molar-refractivity contribution in [1.29, 1.82) is 0 Å². The van der Waals surface area contributed by atoms with Gasteiger partial charge in [0.25, 0.3) is 0 Å². The summed E-state index contributed by atoms with van der Waals surface area (Å²) >= 11 is 0. The normalized spacial score (nSPS) is 15.3. The van der Waals surface area contributed by atoms with E-state index >= 15 is 0 Å². The average molecular weight is 146 g/mol. The van der Waals surface area contributed by atoms with Crippen LogP contribution in [0.1, 0.15) is 20.8 Å². The summed E-state index contributed by atoms with van der Waals surface area (Å²) in [5.74, 6) is 0.299. The summed E-state index contributed by atoms with van der Waals surface area (Å²) in [6, 6.07) is 0. The third-order valence-electron chi connectivity index (χ3n) is 2.12. The Morgan fingerprint density at radius 2 is 2.00 bits per heavy atom. The number of hydrogen-bond donors (Lipinski definition) is 1. The van der Waals surface area contributed by atoms with E-state index in [1.54, 1.807) is 7.11 Å². The Morgan fingerprint density at radius 1 is 1.50 bits per heavy atom. The lowest BCUT2D eigenvalue weighted by molar-refractivity contribution is 0.0403. The molecule has 62 valence electrons. The van der Waals surface area contributed by atoms with Crippen LogP contribution in [-0.4, -0.2) is 25.4 Å². The first-order valence-corrected chi connectivity index (χ1v) is 3.64. The lowest BCUT2D eigenvalue weighted by Gasteiger charge is -2.29. The fraction of sp³-hybridized carbons (Fsp3) is 1.00. The molecule has 0 aliphatic rings. The van der Waals surface area contributed by atoms with Gasteiger partial charge < -0.3 is 9.84 Å². The highest BCUT2D eigenvalue weighted by atomic mass is 16.5. The molecule has 10 heavy (non-hydrogen) atoms. The van der Waals surface area contributed by atoms with Crippen LogP contribution >= 0.6 is 0 Å². The van der Waals surface area contributed by atoms with Gasteiger partial charge in [0.2, 0.25) is 0 Å². The molecule has 0 saturated carbocycles. The Hall–Kier alpha value is -0.0800. The fourth-order valence-corrected chi connectivity index (χ4v) is 0.761. The molecule has 0 aromatic carbocycles. The molecular formula is C8H18O2. The Morgan fingerprint density at radius 3 is 2.30 bits per heavy atom. The maximum atomic E-state index is 8.84. The molecular weight excluding hydrogens is 128 g/mol. The lowest BCUT2D eigenvalue weighted by Crippen LogP contribution is -2.29. The SMILES string of the molecule is COCC(C)(C)[C@@H](C)CO. The zero-order valence-electron chi connectivity index (χ0n) is 7.35. The van der Waals surface area contributed by atoms with E-state index in [2.05, 4.69) is 13.8 Å². The van der Waals surface area contributed by atoms with Crippen molar-refractivity contribution in [2.75, 3.05) is 20.3 Å². The number of hydrogen-bond acceptors (Lipinski definition) is 2. The van der Waals surface area contributed by atoms with E-state index < -0.39 is 0 Å². The van der Waals surface area contributed by atoms with Crippen molar-refractivity contribution >= 4 is 0 Å². The molecule has 2 heteroatoms. The highest BCUT2D eigenvalue weighted by molar-refractivity contribution is 4.73. The Bertz CT molecular complexity index is 89.3.